The maximum Gasteiger partial charge on any atom is 0.387 e. The van der Waals surface area contributed by atoms with Gasteiger partial charge >= 0.3 is 6.61 Å². The van der Waals surface area contributed by atoms with Crippen LogP contribution in [0.1, 0.15) is 5.89 Å². The lowest BCUT2D eigenvalue weighted by molar-refractivity contribution is -0.0512. The molecule has 0 amide bonds. The van der Waals surface area contributed by atoms with E-state index in [1.165, 1.54) is 37.4 Å². The number of para-hydroxylation sites is 1. The van der Waals surface area contributed by atoms with Gasteiger partial charge in [-0.15, -0.1) is 0 Å². The van der Waals surface area contributed by atoms with E-state index in [-0.39, 0.29) is 35.6 Å². The third kappa shape index (κ3) is 4.05. The molecule has 0 bridgehead atoms. The van der Waals surface area contributed by atoms with Crippen LogP contribution in [0.5, 0.6) is 17.2 Å². The fourth-order valence-electron chi connectivity index (χ4n) is 2.13. The molecular formula is C17H13F3N2O4. The van der Waals surface area contributed by atoms with Crippen molar-refractivity contribution in [2.24, 2.45) is 0 Å². The van der Waals surface area contributed by atoms with Crippen LogP contribution in [0, 0.1) is 5.82 Å². The van der Waals surface area contributed by atoms with E-state index in [1.807, 2.05) is 0 Å². The molecule has 0 fully saturated rings. The number of alkyl halides is 2. The molecule has 0 spiro atoms. The van der Waals surface area contributed by atoms with E-state index >= 15 is 0 Å². The first-order chi connectivity index (χ1) is 12.6. The second-order valence-corrected chi connectivity index (χ2v) is 4.97. The van der Waals surface area contributed by atoms with Gasteiger partial charge in [0, 0.05) is 5.56 Å². The number of halogens is 3. The Hall–Kier alpha value is -3.23. The average molecular weight is 366 g/mol. The third-order valence-electron chi connectivity index (χ3n) is 3.29. The fraction of sp³-hybridized carbons (Fsp3) is 0.176. The molecule has 9 heteroatoms. The molecule has 26 heavy (non-hydrogen) atoms. The number of ether oxygens (including phenoxy) is 3. The van der Waals surface area contributed by atoms with Crippen molar-refractivity contribution in [2.75, 3.05) is 7.11 Å². The maximum absolute atomic E-state index is 13.5. The van der Waals surface area contributed by atoms with Crippen molar-refractivity contribution in [3.05, 3.63) is 54.2 Å². The Morgan fingerprint density at radius 3 is 2.62 bits per heavy atom. The van der Waals surface area contributed by atoms with Gasteiger partial charge in [-0.3, -0.25) is 0 Å². The van der Waals surface area contributed by atoms with Gasteiger partial charge in [0.2, 0.25) is 5.82 Å². The Morgan fingerprint density at radius 1 is 1.08 bits per heavy atom. The van der Waals surface area contributed by atoms with Gasteiger partial charge in [-0.1, -0.05) is 17.3 Å². The molecule has 0 aliphatic carbocycles. The monoisotopic (exact) mass is 366 g/mol. The summed E-state index contributed by atoms with van der Waals surface area (Å²) in [6, 6.07) is 10.1. The maximum atomic E-state index is 13.5. The summed E-state index contributed by atoms with van der Waals surface area (Å²) in [5.74, 6) is -0.155. The largest absolute Gasteiger partial charge is 0.493 e. The molecule has 1 heterocycles. The van der Waals surface area contributed by atoms with Crippen LogP contribution in [-0.4, -0.2) is 23.9 Å². The number of benzene rings is 2. The molecule has 0 radical (unpaired) electrons. The number of aromatic nitrogens is 2. The molecule has 3 rings (SSSR count). The van der Waals surface area contributed by atoms with E-state index in [9.17, 15) is 13.2 Å². The highest BCUT2D eigenvalue weighted by Gasteiger charge is 2.15. The van der Waals surface area contributed by atoms with E-state index in [4.69, 9.17) is 14.0 Å². The first kappa shape index (κ1) is 17.6. The molecule has 1 aromatic heterocycles. The molecule has 3 aromatic rings. The molecule has 0 unspecified atom stereocenters. The summed E-state index contributed by atoms with van der Waals surface area (Å²) in [5, 5.41) is 3.78. The molecule has 2 aromatic carbocycles. The number of hydrogen-bond donors (Lipinski definition) is 0. The van der Waals surface area contributed by atoms with Gasteiger partial charge in [0.25, 0.3) is 5.89 Å². The lowest BCUT2D eigenvalue weighted by Crippen LogP contribution is -2.03. The average Bonchev–Trinajstić information content (AvgIpc) is 3.10. The van der Waals surface area contributed by atoms with E-state index in [1.54, 1.807) is 12.1 Å². The van der Waals surface area contributed by atoms with Crippen LogP contribution in [-0.2, 0) is 6.61 Å². The Bertz CT molecular complexity index is 886. The zero-order chi connectivity index (χ0) is 18.5. The molecule has 136 valence electrons. The molecular weight excluding hydrogens is 353 g/mol. The number of rotatable bonds is 7. The van der Waals surface area contributed by atoms with Crippen molar-refractivity contribution in [2.45, 2.75) is 13.2 Å². The molecule has 0 aliphatic heterocycles. The van der Waals surface area contributed by atoms with Crippen molar-refractivity contribution in [1.29, 1.82) is 0 Å². The van der Waals surface area contributed by atoms with Gasteiger partial charge in [0.15, 0.2) is 29.7 Å². The summed E-state index contributed by atoms with van der Waals surface area (Å²) in [5.41, 5.74) is 0.462. The van der Waals surface area contributed by atoms with Gasteiger partial charge in [-0.05, 0) is 30.3 Å². The highest BCUT2D eigenvalue weighted by atomic mass is 19.3. The quantitative estimate of drug-likeness (QED) is 0.628. The van der Waals surface area contributed by atoms with Crippen LogP contribution < -0.4 is 14.2 Å². The highest BCUT2D eigenvalue weighted by molar-refractivity contribution is 5.60. The Labute approximate surface area is 146 Å². The standard InChI is InChI=1S/C17H13F3N2O4/c1-23-14-8-10(6-7-13(14)25-17(19)20)16-21-15(26-22-16)9-24-12-5-3-2-4-11(12)18/h2-8,17H,9H2,1H3. The molecule has 0 atom stereocenters. The number of hydrogen-bond acceptors (Lipinski definition) is 6. The summed E-state index contributed by atoms with van der Waals surface area (Å²) >= 11 is 0. The van der Waals surface area contributed by atoms with E-state index in [0.717, 1.165) is 0 Å². The van der Waals surface area contributed by atoms with E-state index < -0.39 is 12.4 Å². The van der Waals surface area contributed by atoms with Crippen molar-refractivity contribution in [1.82, 2.24) is 10.1 Å². The molecule has 0 N–H and O–H groups in total. The van der Waals surface area contributed by atoms with Gasteiger partial charge in [0.05, 0.1) is 7.11 Å². The van der Waals surface area contributed by atoms with Crippen LogP contribution in [0.4, 0.5) is 13.2 Å². The van der Waals surface area contributed by atoms with Gasteiger partial charge in [-0.2, -0.15) is 13.8 Å². The van der Waals surface area contributed by atoms with Gasteiger partial charge in [0.1, 0.15) is 0 Å². The van der Waals surface area contributed by atoms with Crippen LogP contribution in [0.3, 0.4) is 0 Å². The summed E-state index contributed by atoms with van der Waals surface area (Å²) < 4.78 is 57.9. The smallest absolute Gasteiger partial charge is 0.387 e. The van der Waals surface area contributed by atoms with Gasteiger partial charge in [-0.25, -0.2) is 4.39 Å². The predicted octanol–water partition coefficient (Wildman–Crippen LogP) is 4.06. The zero-order valence-electron chi connectivity index (χ0n) is 13.5. The Balaban J connectivity index is 1.74. The van der Waals surface area contributed by atoms with Crippen molar-refractivity contribution in [3.63, 3.8) is 0 Å². The lowest BCUT2D eigenvalue weighted by Gasteiger charge is -2.10. The van der Waals surface area contributed by atoms with Crippen LogP contribution >= 0.6 is 0 Å². The van der Waals surface area contributed by atoms with Crippen LogP contribution in [0.25, 0.3) is 11.4 Å². The van der Waals surface area contributed by atoms with E-state index in [2.05, 4.69) is 14.9 Å². The van der Waals surface area contributed by atoms with Crippen molar-refractivity contribution in [3.8, 4) is 28.6 Å². The first-order valence-corrected chi connectivity index (χ1v) is 7.40. The molecule has 6 nitrogen and oxygen atoms in total. The molecule has 0 saturated carbocycles. The van der Waals surface area contributed by atoms with Gasteiger partial charge < -0.3 is 18.7 Å². The van der Waals surface area contributed by atoms with Crippen molar-refractivity contribution >= 4 is 0 Å². The van der Waals surface area contributed by atoms with Crippen LogP contribution in [0.2, 0.25) is 0 Å². The minimum atomic E-state index is -2.97. The number of methoxy groups -OCH3 is 1. The minimum Gasteiger partial charge on any atom is -0.493 e. The van der Waals surface area contributed by atoms with Crippen molar-refractivity contribution < 1.29 is 31.9 Å². The normalized spacial score (nSPS) is 10.8. The summed E-state index contributed by atoms with van der Waals surface area (Å²) in [6.45, 7) is -3.10. The summed E-state index contributed by atoms with van der Waals surface area (Å²) in [7, 11) is 1.32. The first-order valence-electron chi connectivity index (χ1n) is 7.40. The number of nitrogens with zero attached hydrogens (tertiary/aromatic N) is 2. The highest BCUT2D eigenvalue weighted by Crippen LogP contribution is 2.32. The predicted molar refractivity (Wildman–Crippen MR) is 83.7 cm³/mol. The molecule has 0 saturated heterocycles. The summed E-state index contributed by atoms with van der Waals surface area (Å²) in [6.07, 6.45) is 0. The minimum absolute atomic E-state index is 0.0578. The topological polar surface area (TPSA) is 66.6 Å². The lowest BCUT2D eigenvalue weighted by atomic mass is 10.2. The second kappa shape index (κ2) is 7.77. The zero-order valence-corrected chi connectivity index (χ0v) is 13.5. The second-order valence-electron chi connectivity index (χ2n) is 4.97. The van der Waals surface area contributed by atoms with E-state index in [0.29, 0.717) is 5.56 Å². The third-order valence-corrected chi connectivity index (χ3v) is 3.29. The molecule has 0 aliphatic rings. The summed E-state index contributed by atoms with van der Waals surface area (Å²) in [4.78, 5) is 4.12. The Morgan fingerprint density at radius 2 is 1.88 bits per heavy atom. The SMILES string of the molecule is COc1cc(-c2noc(COc3ccccc3F)n2)ccc1OC(F)F. The Kier molecular flexibility index (Phi) is 5.26. The van der Waals surface area contributed by atoms with Crippen LogP contribution in [0.15, 0.2) is 47.0 Å². The fourth-order valence-corrected chi connectivity index (χ4v) is 2.13.